The molecule has 54 heavy (non-hydrogen) atoms. The molecule has 13 nitrogen and oxygen atoms in total. The second-order valence-corrected chi connectivity index (χ2v) is 16.3. The van der Waals surface area contributed by atoms with Crippen molar-refractivity contribution in [2.75, 3.05) is 13.2 Å². The molecule has 0 spiro atoms. The number of hydrogen-bond donors (Lipinski definition) is 3. The van der Waals surface area contributed by atoms with Gasteiger partial charge in [0.1, 0.15) is 6.04 Å². The average molecular weight is 755 g/mol. The van der Waals surface area contributed by atoms with Crippen LogP contribution in [0.3, 0.4) is 0 Å². The number of nitrogens with zero attached hydrogens (tertiary/aromatic N) is 1. The average Bonchev–Trinajstić information content (AvgIpc) is 3.54. The molecule has 1 aromatic carbocycles. The van der Waals surface area contributed by atoms with Crippen molar-refractivity contribution < 1.29 is 43.0 Å². The molecular formula is C41H62N4O9. The summed E-state index contributed by atoms with van der Waals surface area (Å²) in [7, 11) is 0. The molecule has 5 atom stereocenters. The summed E-state index contributed by atoms with van der Waals surface area (Å²) in [4.78, 5) is 94.2. The molecule has 1 heterocycles. The summed E-state index contributed by atoms with van der Waals surface area (Å²) in [6.07, 6.45) is 3.22. The molecule has 1 aliphatic carbocycles. The number of hydrogen-bond acceptors (Lipinski definition) is 9. The van der Waals surface area contributed by atoms with Gasteiger partial charge in [0.05, 0.1) is 36.8 Å². The first-order valence-electron chi connectivity index (χ1n) is 19.6. The molecule has 3 rings (SSSR count). The van der Waals surface area contributed by atoms with E-state index in [4.69, 9.17) is 15.2 Å². The third kappa shape index (κ3) is 14.3. The number of rotatable bonds is 20. The Hall–Kier alpha value is -4.13. The molecule has 4 N–H and O–H groups in total. The van der Waals surface area contributed by atoms with Crippen LogP contribution in [-0.4, -0.2) is 83.0 Å². The lowest BCUT2D eigenvalue weighted by Gasteiger charge is -2.34. The molecule has 0 radical (unpaired) electrons. The second-order valence-electron chi connectivity index (χ2n) is 16.3. The Morgan fingerprint density at radius 1 is 0.926 bits per heavy atom. The van der Waals surface area contributed by atoms with Crippen molar-refractivity contribution in [2.24, 2.45) is 23.5 Å². The minimum absolute atomic E-state index is 0.110. The summed E-state index contributed by atoms with van der Waals surface area (Å²) in [6, 6.07) is 6.34. The minimum atomic E-state index is -0.928. The molecule has 0 aromatic heterocycles. The fourth-order valence-electron chi connectivity index (χ4n) is 7.41. The van der Waals surface area contributed by atoms with E-state index in [1.54, 1.807) is 30.3 Å². The van der Waals surface area contributed by atoms with Gasteiger partial charge >= 0.3 is 6.09 Å². The topological polar surface area (TPSA) is 191 Å². The lowest BCUT2D eigenvalue weighted by atomic mass is 9.83. The van der Waals surface area contributed by atoms with E-state index < -0.39 is 65.2 Å². The first kappa shape index (κ1) is 44.3. The summed E-state index contributed by atoms with van der Waals surface area (Å²) in [6.45, 7) is 11.7. The van der Waals surface area contributed by atoms with Gasteiger partial charge in [0, 0.05) is 38.1 Å². The highest BCUT2D eigenvalue weighted by Gasteiger charge is 2.46. The number of amides is 4. The number of alkyl carbamates (subject to hydrolysis) is 1. The van der Waals surface area contributed by atoms with Gasteiger partial charge in [-0.2, -0.15) is 0 Å². The number of nitrogens with one attached hydrogen (secondary N) is 2. The van der Waals surface area contributed by atoms with Crippen molar-refractivity contribution >= 4 is 41.2 Å². The molecule has 13 heteroatoms. The van der Waals surface area contributed by atoms with Crippen LogP contribution >= 0.6 is 0 Å². The van der Waals surface area contributed by atoms with Crippen molar-refractivity contribution in [3.63, 3.8) is 0 Å². The van der Waals surface area contributed by atoms with Crippen molar-refractivity contribution in [2.45, 2.75) is 148 Å². The van der Waals surface area contributed by atoms with Gasteiger partial charge in [-0.15, -0.1) is 0 Å². The van der Waals surface area contributed by atoms with E-state index in [0.29, 0.717) is 12.0 Å². The summed E-state index contributed by atoms with van der Waals surface area (Å²) in [5.41, 5.74) is 5.52. The Morgan fingerprint density at radius 3 is 2.19 bits per heavy atom. The Morgan fingerprint density at radius 2 is 1.59 bits per heavy atom. The van der Waals surface area contributed by atoms with Gasteiger partial charge in [-0.05, 0) is 57.4 Å². The lowest BCUT2D eigenvalue weighted by Crippen LogP contribution is -2.55. The van der Waals surface area contributed by atoms with E-state index in [-0.39, 0.29) is 75.2 Å². The van der Waals surface area contributed by atoms with Gasteiger partial charge in [-0.25, -0.2) is 4.79 Å². The highest BCUT2D eigenvalue weighted by molar-refractivity contribution is 6.38. The zero-order chi connectivity index (χ0) is 40.0. The van der Waals surface area contributed by atoms with Crippen LogP contribution < -0.4 is 16.4 Å². The van der Waals surface area contributed by atoms with Gasteiger partial charge in [0.25, 0.3) is 0 Å². The zero-order valence-corrected chi connectivity index (χ0v) is 33.0. The fraction of sp³-hybridized carbons (Fsp3) is 0.683. The minimum Gasteiger partial charge on any atom is -0.449 e. The Labute approximate surface area is 320 Å². The van der Waals surface area contributed by atoms with Crippen LogP contribution in [0.4, 0.5) is 4.79 Å². The molecule has 1 saturated carbocycles. The zero-order valence-electron chi connectivity index (χ0n) is 33.0. The molecule has 4 amide bonds. The van der Waals surface area contributed by atoms with Gasteiger partial charge in [-0.3, -0.25) is 28.8 Å². The SMILES string of the molecule is CCCC(CC(=O)[C@@H]1C[C@@H](OC(C)(C)C)CN1C(=O)[C@@H](NC(=O)OCC(C)C)C1CCCCC1)C(=O)C(=O)CCC(=O)NC(CC(N)=O)c1ccccc1. The van der Waals surface area contributed by atoms with Crippen LogP contribution in [-0.2, 0) is 38.2 Å². The molecule has 2 fully saturated rings. The lowest BCUT2D eigenvalue weighted by molar-refractivity contribution is -0.143. The standard InChI is InChI=1S/C41H62N4O9/c1-7-14-29(38(50)33(46)19-20-36(49)43-31(23-35(42)48)27-15-10-8-11-16-27)21-34(47)32-22-30(54-41(4,5)6)24-45(32)39(51)37(28-17-12-9-13-18-28)44-40(52)53-25-26(2)3/h8,10-11,15-16,26,28-32,37H,7,9,12-14,17-25H2,1-6H3,(H2,42,48)(H,43,49)(H,44,52)/t29?,30-,31?,32+,37+/m1/s1. The van der Waals surface area contributed by atoms with E-state index in [1.807, 2.05) is 41.5 Å². The van der Waals surface area contributed by atoms with Crippen LogP contribution in [0.25, 0.3) is 0 Å². The van der Waals surface area contributed by atoms with Crippen molar-refractivity contribution in [1.82, 2.24) is 15.5 Å². The van der Waals surface area contributed by atoms with E-state index in [9.17, 15) is 33.6 Å². The van der Waals surface area contributed by atoms with Crippen LogP contribution in [0.15, 0.2) is 30.3 Å². The monoisotopic (exact) mass is 754 g/mol. The Bertz CT molecular complexity index is 1450. The molecule has 1 aromatic rings. The van der Waals surface area contributed by atoms with E-state index in [0.717, 1.165) is 32.1 Å². The first-order chi connectivity index (χ1) is 25.5. The van der Waals surface area contributed by atoms with Crippen LogP contribution in [0.5, 0.6) is 0 Å². The molecule has 0 bridgehead atoms. The number of Topliss-reactive ketones (excluding diaryl/α,β-unsaturated/α-hetero) is 3. The predicted molar refractivity (Wildman–Crippen MR) is 203 cm³/mol. The van der Waals surface area contributed by atoms with E-state index in [1.165, 1.54) is 4.90 Å². The van der Waals surface area contributed by atoms with Gasteiger partial charge in [0.15, 0.2) is 11.6 Å². The molecular weight excluding hydrogens is 692 g/mol. The molecule has 2 aliphatic rings. The number of benzene rings is 1. The number of ether oxygens (including phenoxy) is 2. The van der Waals surface area contributed by atoms with Gasteiger partial charge in [-0.1, -0.05) is 76.8 Å². The summed E-state index contributed by atoms with van der Waals surface area (Å²) >= 11 is 0. The number of nitrogens with two attached hydrogens (primary N) is 1. The Kier molecular flexibility index (Phi) is 17.3. The van der Waals surface area contributed by atoms with Crippen LogP contribution in [0.1, 0.15) is 130 Å². The molecule has 1 aliphatic heterocycles. The number of likely N-dealkylation sites (tertiary alicyclic amines) is 1. The fourth-order valence-corrected chi connectivity index (χ4v) is 7.41. The maximum Gasteiger partial charge on any atom is 0.407 e. The smallest absolute Gasteiger partial charge is 0.407 e. The predicted octanol–water partition coefficient (Wildman–Crippen LogP) is 5.13. The number of ketones is 3. The summed E-state index contributed by atoms with van der Waals surface area (Å²) in [5.74, 6) is -4.31. The van der Waals surface area contributed by atoms with Crippen LogP contribution in [0, 0.1) is 17.8 Å². The van der Waals surface area contributed by atoms with E-state index in [2.05, 4.69) is 10.6 Å². The van der Waals surface area contributed by atoms with Gasteiger partial charge in [0.2, 0.25) is 23.5 Å². The number of primary amides is 1. The van der Waals surface area contributed by atoms with E-state index >= 15 is 0 Å². The summed E-state index contributed by atoms with van der Waals surface area (Å²) < 4.78 is 11.6. The maximum atomic E-state index is 14.4. The van der Waals surface area contributed by atoms with Gasteiger partial charge < -0.3 is 30.7 Å². The largest absolute Gasteiger partial charge is 0.449 e. The van der Waals surface area contributed by atoms with Crippen molar-refractivity contribution in [3.8, 4) is 0 Å². The second kappa shape index (κ2) is 21.1. The normalized spacial score (nSPS) is 19.4. The quantitative estimate of drug-likeness (QED) is 0.152. The third-order valence-electron chi connectivity index (χ3n) is 9.90. The first-order valence-corrected chi connectivity index (χ1v) is 19.6. The molecule has 300 valence electrons. The molecule has 2 unspecified atom stereocenters. The third-order valence-corrected chi connectivity index (χ3v) is 9.90. The highest BCUT2D eigenvalue weighted by Crippen LogP contribution is 2.32. The van der Waals surface area contributed by atoms with Crippen molar-refractivity contribution in [3.05, 3.63) is 35.9 Å². The van der Waals surface area contributed by atoms with Crippen molar-refractivity contribution in [1.29, 1.82) is 0 Å². The highest BCUT2D eigenvalue weighted by atomic mass is 16.5. The number of carbonyl (C=O) groups is 7. The summed E-state index contributed by atoms with van der Waals surface area (Å²) in [5, 5.41) is 5.56. The number of carbonyl (C=O) groups excluding carboxylic acids is 7. The van der Waals surface area contributed by atoms with Crippen LogP contribution in [0.2, 0.25) is 0 Å². The maximum absolute atomic E-state index is 14.4. The molecule has 1 saturated heterocycles. The Balaban J connectivity index is 1.75.